The molecule has 0 saturated carbocycles. The first-order chi connectivity index (χ1) is 9.27. The first-order valence-electron chi connectivity index (χ1n) is 6.36. The van der Waals surface area contributed by atoms with E-state index in [9.17, 15) is 5.11 Å². The second-order valence-electron chi connectivity index (χ2n) is 4.73. The summed E-state index contributed by atoms with van der Waals surface area (Å²) < 4.78 is 5.61. The van der Waals surface area contributed by atoms with E-state index in [4.69, 9.17) is 10.5 Å². The Morgan fingerprint density at radius 2 is 2.16 bits per heavy atom. The number of nitrogen functional groups attached to an aromatic ring is 1. The highest BCUT2D eigenvalue weighted by Crippen LogP contribution is 2.42. The van der Waals surface area contributed by atoms with Crippen LogP contribution in [0.3, 0.4) is 0 Å². The molecule has 3 N–H and O–H groups in total. The van der Waals surface area contributed by atoms with Gasteiger partial charge in [0.1, 0.15) is 5.75 Å². The second kappa shape index (κ2) is 4.90. The molecule has 2 heterocycles. The standard InChI is InChI=1S/C15H16N2O2/c16-13-5-7-17-9-12(13)15(18)11-6-8-19-14-4-2-1-3-10(11)14/h1-5,7,9,11,15,18H,6,8H2,(H2,16,17). The fourth-order valence-corrected chi connectivity index (χ4v) is 2.58. The Morgan fingerprint density at radius 1 is 1.32 bits per heavy atom. The highest BCUT2D eigenvalue weighted by molar-refractivity contribution is 5.48. The lowest BCUT2D eigenvalue weighted by atomic mass is 9.85. The molecular formula is C15H16N2O2. The van der Waals surface area contributed by atoms with E-state index in [2.05, 4.69) is 4.98 Å². The fraction of sp³-hybridized carbons (Fsp3) is 0.267. The number of ether oxygens (including phenoxy) is 1. The highest BCUT2D eigenvalue weighted by Gasteiger charge is 2.29. The first kappa shape index (κ1) is 12.0. The average molecular weight is 256 g/mol. The maximum absolute atomic E-state index is 10.6. The van der Waals surface area contributed by atoms with E-state index in [-0.39, 0.29) is 5.92 Å². The molecule has 1 aliphatic rings. The minimum Gasteiger partial charge on any atom is -0.493 e. The molecule has 0 saturated heterocycles. The van der Waals surface area contributed by atoms with Crippen molar-refractivity contribution in [2.24, 2.45) is 0 Å². The topological polar surface area (TPSA) is 68.4 Å². The molecule has 98 valence electrons. The number of rotatable bonds is 2. The normalized spacial score (nSPS) is 19.3. The third kappa shape index (κ3) is 2.15. The summed E-state index contributed by atoms with van der Waals surface area (Å²) in [5.41, 5.74) is 8.21. The molecular weight excluding hydrogens is 240 g/mol. The van der Waals surface area contributed by atoms with Crippen molar-refractivity contribution in [1.29, 1.82) is 0 Å². The average Bonchev–Trinajstić information content (AvgIpc) is 2.46. The van der Waals surface area contributed by atoms with Crippen LogP contribution in [0.15, 0.2) is 42.7 Å². The molecule has 19 heavy (non-hydrogen) atoms. The fourth-order valence-electron chi connectivity index (χ4n) is 2.58. The number of hydrogen-bond acceptors (Lipinski definition) is 4. The number of anilines is 1. The Balaban J connectivity index is 1.98. The summed E-state index contributed by atoms with van der Waals surface area (Å²) in [6.45, 7) is 0.610. The maximum atomic E-state index is 10.6. The van der Waals surface area contributed by atoms with Gasteiger partial charge in [0.25, 0.3) is 0 Å². The third-order valence-corrected chi connectivity index (χ3v) is 3.59. The molecule has 0 spiro atoms. The van der Waals surface area contributed by atoms with E-state index in [1.54, 1.807) is 18.5 Å². The van der Waals surface area contributed by atoms with Crippen molar-refractivity contribution in [3.8, 4) is 5.75 Å². The lowest BCUT2D eigenvalue weighted by Crippen LogP contribution is -2.20. The van der Waals surface area contributed by atoms with Crippen molar-refractivity contribution in [3.63, 3.8) is 0 Å². The summed E-state index contributed by atoms with van der Waals surface area (Å²) >= 11 is 0. The van der Waals surface area contributed by atoms with Crippen molar-refractivity contribution in [2.45, 2.75) is 18.4 Å². The molecule has 1 aromatic carbocycles. The van der Waals surface area contributed by atoms with Crippen LogP contribution in [0.4, 0.5) is 5.69 Å². The van der Waals surface area contributed by atoms with Crippen LogP contribution in [0.2, 0.25) is 0 Å². The zero-order chi connectivity index (χ0) is 13.2. The van der Waals surface area contributed by atoms with Gasteiger partial charge in [-0.1, -0.05) is 18.2 Å². The number of hydrogen-bond donors (Lipinski definition) is 2. The Bertz CT molecular complexity index is 586. The molecule has 0 bridgehead atoms. The van der Waals surface area contributed by atoms with Gasteiger partial charge in [-0.05, 0) is 18.6 Å². The number of nitrogens with two attached hydrogens (primary N) is 1. The maximum Gasteiger partial charge on any atom is 0.122 e. The molecule has 1 aliphatic heterocycles. The molecule has 1 aromatic heterocycles. The van der Waals surface area contributed by atoms with Crippen LogP contribution in [0, 0.1) is 0 Å². The summed E-state index contributed by atoms with van der Waals surface area (Å²) in [5.74, 6) is 0.844. The van der Waals surface area contributed by atoms with Crippen LogP contribution in [0.5, 0.6) is 5.75 Å². The van der Waals surface area contributed by atoms with Crippen molar-refractivity contribution in [1.82, 2.24) is 4.98 Å². The Labute approximate surface area is 111 Å². The van der Waals surface area contributed by atoms with Crippen molar-refractivity contribution in [3.05, 3.63) is 53.9 Å². The van der Waals surface area contributed by atoms with Crippen LogP contribution in [0.1, 0.15) is 29.6 Å². The lowest BCUT2D eigenvalue weighted by molar-refractivity contribution is 0.117. The van der Waals surface area contributed by atoms with Crippen LogP contribution in [0.25, 0.3) is 0 Å². The Kier molecular flexibility index (Phi) is 3.09. The van der Waals surface area contributed by atoms with Crippen molar-refractivity contribution in [2.75, 3.05) is 12.3 Å². The van der Waals surface area contributed by atoms with Crippen molar-refractivity contribution >= 4 is 5.69 Å². The molecule has 4 nitrogen and oxygen atoms in total. The van der Waals surface area contributed by atoms with Gasteiger partial charge in [0, 0.05) is 35.1 Å². The second-order valence-corrected chi connectivity index (χ2v) is 4.73. The number of aliphatic hydroxyl groups excluding tert-OH is 1. The molecule has 0 fully saturated rings. The summed E-state index contributed by atoms with van der Waals surface area (Å²) in [7, 11) is 0. The Morgan fingerprint density at radius 3 is 3.00 bits per heavy atom. The number of para-hydroxylation sites is 1. The van der Waals surface area contributed by atoms with E-state index < -0.39 is 6.10 Å². The third-order valence-electron chi connectivity index (χ3n) is 3.59. The summed E-state index contributed by atoms with van der Waals surface area (Å²) in [6.07, 6.45) is 3.38. The van der Waals surface area contributed by atoms with Gasteiger partial charge in [0.05, 0.1) is 12.7 Å². The van der Waals surface area contributed by atoms with E-state index in [0.717, 1.165) is 17.7 Å². The molecule has 4 heteroatoms. The van der Waals surface area contributed by atoms with Gasteiger partial charge in [-0.15, -0.1) is 0 Å². The number of aromatic nitrogens is 1. The van der Waals surface area contributed by atoms with Gasteiger partial charge >= 0.3 is 0 Å². The lowest BCUT2D eigenvalue weighted by Gasteiger charge is -2.30. The molecule has 2 aromatic rings. The van der Waals surface area contributed by atoms with Crippen LogP contribution in [-0.4, -0.2) is 16.7 Å². The quantitative estimate of drug-likeness (QED) is 0.864. The van der Waals surface area contributed by atoms with Crippen molar-refractivity contribution < 1.29 is 9.84 Å². The van der Waals surface area contributed by atoms with Gasteiger partial charge in [0.15, 0.2) is 0 Å². The van der Waals surface area contributed by atoms with Gasteiger partial charge < -0.3 is 15.6 Å². The van der Waals surface area contributed by atoms with Crippen LogP contribution < -0.4 is 10.5 Å². The largest absolute Gasteiger partial charge is 0.493 e. The smallest absolute Gasteiger partial charge is 0.122 e. The minimum absolute atomic E-state index is 0.00329. The first-order valence-corrected chi connectivity index (χ1v) is 6.36. The summed E-state index contributed by atoms with van der Waals surface area (Å²) in [6, 6.07) is 9.53. The van der Waals surface area contributed by atoms with E-state index in [1.807, 2.05) is 24.3 Å². The summed E-state index contributed by atoms with van der Waals surface area (Å²) in [5, 5.41) is 10.6. The van der Waals surface area contributed by atoms with E-state index in [0.29, 0.717) is 17.9 Å². The van der Waals surface area contributed by atoms with E-state index >= 15 is 0 Å². The molecule has 0 aliphatic carbocycles. The zero-order valence-corrected chi connectivity index (χ0v) is 10.5. The molecule has 2 atom stereocenters. The van der Waals surface area contributed by atoms with Gasteiger partial charge in [-0.3, -0.25) is 4.98 Å². The number of nitrogens with zero attached hydrogens (tertiary/aromatic N) is 1. The Hall–Kier alpha value is -2.07. The predicted octanol–water partition coefficient (Wildman–Crippen LogP) is 2.26. The zero-order valence-electron chi connectivity index (χ0n) is 10.5. The van der Waals surface area contributed by atoms with E-state index in [1.165, 1.54) is 0 Å². The monoisotopic (exact) mass is 256 g/mol. The van der Waals surface area contributed by atoms with Gasteiger partial charge in [-0.25, -0.2) is 0 Å². The number of aliphatic hydroxyl groups is 1. The molecule has 2 unspecified atom stereocenters. The molecule has 3 rings (SSSR count). The SMILES string of the molecule is Nc1ccncc1C(O)C1CCOc2ccccc21. The number of pyridine rings is 1. The summed E-state index contributed by atoms with van der Waals surface area (Å²) in [4.78, 5) is 4.05. The highest BCUT2D eigenvalue weighted by atomic mass is 16.5. The number of benzene rings is 1. The minimum atomic E-state index is -0.654. The van der Waals surface area contributed by atoms with Gasteiger partial charge in [-0.2, -0.15) is 0 Å². The predicted molar refractivity (Wildman–Crippen MR) is 72.9 cm³/mol. The van der Waals surface area contributed by atoms with Crippen LogP contribution in [-0.2, 0) is 0 Å². The molecule has 0 amide bonds. The molecule has 0 radical (unpaired) electrons. The van der Waals surface area contributed by atoms with Crippen LogP contribution >= 0.6 is 0 Å². The number of fused-ring (bicyclic) bond motifs is 1. The van der Waals surface area contributed by atoms with Gasteiger partial charge in [0.2, 0.25) is 0 Å².